The zero-order chi connectivity index (χ0) is 12.7. The minimum Gasteiger partial charge on any atom is -0.350 e. The van der Waals surface area contributed by atoms with Crippen LogP contribution < -0.4 is 10.2 Å². The number of rotatable bonds is 1. The van der Waals surface area contributed by atoms with Crippen molar-refractivity contribution in [2.24, 2.45) is 0 Å². The van der Waals surface area contributed by atoms with Gasteiger partial charge in [0, 0.05) is 12.6 Å². The fourth-order valence-electron chi connectivity index (χ4n) is 2.18. The standard InChI is InChI=1S/C13H11BrN2OS/c1-16-10-5-3-2-4-9(10)13(17)15-12(16)8-6-11(14)18-7-8/h2-7,12H,1H3,(H,15,17)/t12-/m0/s1. The van der Waals surface area contributed by atoms with Gasteiger partial charge in [-0.05, 0) is 39.5 Å². The van der Waals surface area contributed by atoms with Crippen molar-refractivity contribution in [2.75, 3.05) is 11.9 Å². The third-order valence-corrected chi connectivity index (χ3v) is 4.61. The van der Waals surface area contributed by atoms with Gasteiger partial charge in [-0.2, -0.15) is 0 Å². The van der Waals surface area contributed by atoms with Crippen LogP contribution in [-0.4, -0.2) is 13.0 Å². The number of anilines is 1. The molecule has 0 unspecified atom stereocenters. The summed E-state index contributed by atoms with van der Waals surface area (Å²) in [5.74, 6) is -0.0176. The van der Waals surface area contributed by atoms with E-state index in [4.69, 9.17) is 0 Å². The predicted octanol–water partition coefficient (Wildman–Crippen LogP) is 3.39. The molecule has 92 valence electrons. The van der Waals surface area contributed by atoms with Crippen LogP contribution in [0.15, 0.2) is 39.5 Å². The van der Waals surface area contributed by atoms with Crippen LogP contribution in [0.4, 0.5) is 5.69 Å². The summed E-state index contributed by atoms with van der Waals surface area (Å²) in [5.41, 5.74) is 2.79. The number of hydrogen-bond donors (Lipinski definition) is 1. The number of carbonyl (C=O) groups excluding carboxylic acids is 1. The molecule has 1 aliphatic rings. The van der Waals surface area contributed by atoms with Crippen LogP contribution in [-0.2, 0) is 0 Å². The Hall–Kier alpha value is -1.33. The maximum absolute atomic E-state index is 12.1. The lowest BCUT2D eigenvalue weighted by Gasteiger charge is -2.35. The van der Waals surface area contributed by atoms with Gasteiger partial charge in [-0.15, -0.1) is 11.3 Å². The number of para-hydroxylation sites is 1. The molecule has 1 N–H and O–H groups in total. The van der Waals surface area contributed by atoms with E-state index in [1.54, 1.807) is 11.3 Å². The van der Waals surface area contributed by atoms with E-state index in [1.807, 2.05) is 37.4 Å². The van der Waals surface area contributed by atoms with Crippen molar-refractivity contribution in [3.8, 4) is 0 Å². The number of nitrogens with one attached hydrogen (secondary N) is 1. The summed E-state index contributed by atoms with van der Waals surface area (Å²) >= 11 is 5.07. The van der Waals surface area contributed by atoms with Gasteiger partial charge in [0.1, 0.15) is 6.17 Å². The van der Waals surface area contributed by atoms with Gasteiger partial charge in [-0.3, -0.25) is 4.79 Å². The molecule has 18 heavy (non-hydrogen) atoms. The summed E-state index contributed by atoms with van der Waals surface area (Å²) in [6.45, 7) is 0. The van der Waals surface area contributed by atoms with Gasteiger partial charge in [-0.25, -0.2) is 0 Å². The topological polar surface area (TPSA) is 32.3 Å². The monoisotopic (exact) mass is 322 g/mol. The highest BCUT2D eigenvalue weighted by molar-refractivity contribution is 9.11. The van der Waals surface area contributed by atoms with E-state index >= 15 is 0 Å². The number of carbonyl (C=O) groups is 1. The molecule has 0 fully saturated rings. The summed E-state index contributed by atoms with van der Waals surface area (Å²) < 4.78 is 1.07. The molecule has 0 saturated heterocycles. The molecular weight excluding hydrogens is 312 g/mol. The van der Waals surface area contributed by atoms with Gasteiger partial charge in [0.2, 0.25) is 0 Å². The summed E-state index contributed by atoms with van der Waals surface area (Å²) in [6.07, 6.45) is -0.102. The maximum Gasteiger partial charge on any atom is 0.255 e. The molecule has 2 heterocycles. The molecule has 2 aromatic rings. The second kappa shape index (κ2) is 4.40. The van der Waals surface area contributed by atoms with Crippen molar-refractivity contribution in [3.63, 3.8) is 0 Å². The molecule has 1 atom stereocenters. The summed E-state index contributed by atoms with van der Waals surface area (Å²) in [7, 11) is 1.99. The van der Waals surface area contributed by atoms with Crippen molar-refractivity contribution in [1.29, 1.82) is 0 Å². The van der Waals surface area contributed by atoms with Crippen molar-refractivity contribution < 1.29 is 4.79 Å². The Labute approximate surface area is 118 Å². The Kier molecular flexibility index (Phi) is 2.87. The molecule has 0 radical (unpaired) electrons. The highest BCUT2D eigenvalue weighted by atomic mass is 79.9. The van der Waals surface area contributed by atoms with Crippen molar-refractivity contribution in [3.05, 3.63) is 50.6 Å². The lowest BCUT2D eigenvalue weighted by molar-refractivity contribution is 0.0928. The zero-order valence-electron chi connectivity index (χ0n) is 9.68. The molecule has 0 aliphatic carbocycles. The lowest BCUT2D eigenvalue weighted by atomic mass is 10.1. The van der Waals surface area contributed by atoms with E-state index < -0.39 is 0 Å². The van der Waals surface area contributed by atoms with E-state index in [9.17, 15) is 4.79 Å². The van der Waals surface area contributed by atoms with Gasteiger partial charge < -0.3 is 10.2 Å². The smallest absolute Gasteiger partial charge is 0.255 e. The Bertz CT molecular complexity index is 611. The molecule has 1 aromatic heterocycles. The van der Waals surface area contributed by atoms with Crippen LogP contribution in [0.2, 0.25) is 0 Å². The van der Waals surface area contributed by atoms with E-state index in [0.717, 1.165) is 20.6 Å². The molecule has 0 spiro atoms. The van der Waals surface area contributed by atoms with Crippen LogP contribution in [0, 0.1) is 0 Å². The van der Waals surface area contributed by atoms with E-state index in [0.29, 0.717) is 0 Å². The Morgan fingerprint density at radius 3 is 2.89 bits per heavy atom. The Morgan fingerprint density at radius 1 is 1.39 bits per heavy atom. The molecule has 0 bridgehead atoms. The first kappa shape index (κ1) is 11.7. The molecule has 3 nitrogen and oxygen atoms in total. The Balaban J connectivity index is 2.04. The maximum atomic E-state index is 12.1. The van der Waals surface area contributed by atoms with E-state index in [-0.39, 0.29) is 12.1 Å². The minimum atomic E-state index is -0.102. The van der Waals surface area contributed by atoms with Crippen LogP contribution in [0.25, 0.3) is 0 Å². The quantitative estimate of drug-likeness (QED) is 0.872. The second-order valence-electron chi connectivity index (χ2n) is 4.19. The molecule has 5 heteroatoms. The first-order valence-corrected chi connectivity index (χ1v) is 7.21. The van der Waals surface area contributed by atoms with Gasteiger partial charge in [-0.1, -0.05) is 12.1 Å². The molecular formula is C13H11BrN2OS. The minimum absolute atomic E-state index is 0.0176. The predicted molar refractivity (Wildman–Crippen MR) is 77.1 cm³/mol. The van der Waals surface area contributed by atoms with Gasteiger partial charge in [0.05, 0.1) is 15.0 Å². The van der Waals surface area contributed by atoms with Crippen LogP contribution in [0.5, 0.6) is 0 Å². The zero-order valence-corrected chi connectivity index (χ0v) is 12.1. The molecule has 1 amide bonds. The summed E-state index contributed by atoms with van der Waals surface area (Å²) in [4.78, 5) is 14.2. The molecule has 0 saturated carbocycles. The van der Waals surface area contributed by atoms with E-state index in [2.05, 4.69) is 31.5 Å². The van der Waals surface area contributed by atoms with Gasteiger partial charge >= 0.3 is 0 Å². The lowest BCUT2D eigenvalue weighted by Crippen LogP contribution is -2.44. The first-order valence-electron chi connectivity index (χ1n) is 5.53. The number of thiophene rings is 1. The first-order chi connectivity index (χ1) is 8.66. The average molecular weight is 323 g/mol. The van der Waals surface area contributed by atoms with Crippen molar-refractivity contribution in [1.82, 2.24) is 5.32 Å². The SMILES string of the molecule is CN1c2ccccc2C(=O)N[C@@H]1c1csc(Br)c1. The van der Waals surface area contributed by atoms with Crippen LogP contribution >= 0.6 is 27.3 Å². The summed E-state index contributed by atoms with van der Waals surface area (Å²) in [6, 6.07) is 9.70. The highest BCUT2D eigenvalue weighted by Gasteiger charge is 2.29. The molecule has 1 aromatic carbocycles. The summed E-state index contributed by atoms with van der Waals surface area (Å²) in [5, 5.41) is 5.08. The number of hydrogen-bond acceptors (Lipinski definition) is 3. The van der Waals surface area contributed by atoms with Gasteiger partial charge in [0.15, 0.2) is 0 Å². The number of halogens is 1. The highest BCUT2D eigenvalue weighted by Crippen LogP contribution is 2.34. The van der Waals surface area contributed by atoms with Crippen LogP contribution in [0.3, 0.4) is 0 Å². The normalized spacial score (nSPS) is 18.4. The average Bonchev–Trinajstić information content (AvgIpc) is 2.80. The van der Waals surface area contributed by atoms with E-state index in [1.165, 1.54) is 0 Å². The fraction of sp³-hybridized carbons (Fsp3) is 0.154. The number of amides is 1. The number of benzene rings is 1. The fourth-order valence-corrected chi connectivity index (χ4v) is 3.38. The Morgan fingerprint density at radius 2 is 2.17 bits per heavy atom. The third-order valence-electron chi connectivity index (χ3n) is 3.09. The second-order valence-corrected chi connectivity index (χ2v) is 6.48. The van der Waals surface area contributed by atoms with Gasteiger partial charge in [0.25, 0.3) is 5.91 Å². The van der Waals surface area contributed by atoms with Crippen molar-refractivity contribution >= 4 is 38.9 Å². The van der Waals surface area contributed by atoms with Crippen LogP contribution in [0.1, 0.15) is 22.1 Å². The third kappa shape index (κ3) is 1.83. The largest absolute Gasteiger partial charge is 0.350 e. The number of nitrogens with zero attached hydrogens (tertiary/aromatic N) is 1. The molecule has 3 rings (SSSR count). The number of fused-ring (bicyclic) bond motifs is 1. The van der Waals surface area contributed by atoms with Crippen molar-refractivity contribution in [2.45, 2.75) is 6.17 Å². The molecule has 1 aliphatic heterocycles.